The second-order valence-corrected chi connectivity index (χ2v) is 3.67. The highest BCUT2D eigenvalue weighted by atomic mass is 15.0. The third kappa shape index (κ3) is 4.43. The van der Waals surface area contributed by atoms with Crippen molar-refractivity contribution in [2.45, 2.75) is 34.2 Å². The van der Waals surface area contributed by atoms with Gasteiger partial charge >= 0.3 is 0 Å². The Bertz CT molecular complexity index is 264. The van der Waals surface area contributed by atoms with Crippen molar-refractivity contribution in [3.05, 3.63) is 34.9 Å². The molecule has 80 valence electrons. The zero-order chi connectivity index (χ0) is 11.1. The van der Waals surface area contributed by atoms with Gasteiger partial charge in [-0.25, -0.2) is 0 Å². The number of hydrogen-bond acceptors (Lipinski definition) is 1. The maximum atomic E-state index is 2.26. The molecule has 0 saturated heterocycles. The van der Waals surface area contributed by atoms with Crippen LogP contribution >= 0.6 is 0 Å². The van der Waals surface area contributed by atoms with E-state index in [9.17, 15) is 0 Å². The van der Waals surface area contributed by atoms with E-state index < -0.39 is 0 Å². The summed E-state index contributed by atoms with van der Waals surface area (Å²) >= 11 is 0. The largest absolute Gasteiger partial charge is 0.305 e. The van der Waals surface area contributed by atoms with Crippen LogP contribution in [0, 0.1) is 13.8 Å². The lowest BCUT2D eigenvalue weighted by Gasteiger charge is -2.12. The summed E-state index contributed by atoms with van der Waals surface area (Å²) in [7, 11) is 4.20. The number of hydrogen-bond donors (Lipinski definition) is 0. The Morgan fingerprint density at radius 3 is 2.14 bits per heavy atom. The topological polar surface area (TPSA) is 3.24 Å². The van der Waals surface area contributed by atoms with E-state index in [1.54, 1.807) is 0 Å². The Morgan fingerprint density at radius 2 is 1.64 bits per heavy atom. The molecule has 1 aromatic rings. The highest BCUT2D eigenvalue weighted by Gasteiger charge is 1.99. The summed E-state index contributed by atoms with van der Waals surface area (Å²) < 4.78 is 0. The van der Waals surface area contributed by atoms with Crippen LogP contribution in [0.5, 0.6) is 0 Å². The van der Waals surface area contributed by atoms with Crippen molar-refractivity contribution in [2.75, 3.05) is 14.1 Å². The Morgan fingerprint density at radius 1 is 1.07 bits per heavy atom. The Kier molecular flexibility index (Phi) is 6.22. The van der Waals surface area contributed by atoms with Crippen molar-refractivity contribution in [1.82, 2.24) is 4.90 Å². The molecular formula is C13H23N. The first-order valence-electron chi connectivity index (χ1n) is 5.30. The Balaban J connectivity index is 0.000000791. The fourth-order valence-electron chi connectivity index (χ4n) is 1.31. The van der Waals surface area contributed by atoms with Crippen LogP contribution in [0.1, 0.15) is 30.5 Å². The number of benzene rings is 1. The van der Waals surface area contributed by atoms with Crippen LogP contribution in [0.15, 0.2) is 18.2 Å². The van der Waals surface area contributed by atoms with Gasteiger partial charge in [0.25, 0.3) is 0 Å². The number of aryl methyl sites for hydroxylation is 2. The standard InChI is InChI=1S/C11H17N.C2H6/c1-9-5-6-10(2)11(7-9)8-12(3)4;1-2/h5-7H,8H2,1-4H3;1-2H3. The SMILES string of the molecule is CC.Cc1ccc(C)c(CN(C)C)c1. The quantitative estimate of drug-likeness (QED) is 0.696. The van der Waals surface area contributed by atoms with Gasteiger partial charge in [-0.3, -0.25) is 0 Å². The Hall–Kier alpha value is -0.820. The minimum atomic E-state index is 1.04. The van der Waals surface area contributed by atoms with Gasteiger partial charge in [0.05, 0.1) is 0 Å². The molecule has 0 bridgehead atoms. The van der Waals surface area contributed by atoms with Gasteiger partial charge in [-0.05, 0) is 39.1 Å². The highest BCUT2D eigenvalue weighted by molar-refractivity contribution is 5.30. The third-order valence-corrected chi connectivity index (χ3v) is 1.99. The average Bonchev–Trinajstić information content (AvgIpc) is 2.14. The lowest BCUT2D eigenvalue weighted by atomic mass is 10.1. The third-order valence-electron chi connectivity index (χ3n) is 1.99. The van der Waals surface area contributed by atoms with Gasteiger partial charge in [0.1, 0.15) is 0 Å². The zero-order valence-corrected chi connectivity index (χ0v) is 10.4. The molecule has 0 unspecified atom stereocenters. The molecule has 0 aliphatic heterocycles. The van der Waals surface area contributed by atoms with Gasteiger partial charge in [0.2, 0.25) is 0 Å². The molecule has 0 aliphatic rings. The molecule has 1 aromatic carbocycles. The van der Waals surface area contributed by atoms with Crippen molar-refractivity contribution in [2.24, 2.45) is 0 Å². The fourth-order valence-corrected chi connectivity index (χ4v) is 1.31. The van der Waals surface area contributed by atoms with Crippen molar-refractivity contribution in [3.63, 3.8) is 0 Å². The highest BCUT2D eigenvalue weighted by Crippen LogP contribution is 2.11. The molecule has 0 spiro atoms. The number of rotatable bonds is 2. The van der Waals surface area contributed by atoms with Gasteiger partial charge in [-0.15, -0.1) is 0 Å². The van der Waals surface area contributed by atoms with E-state index in [2.05, 4.69) is 51.0 Å². The summed E-state index contributed by atoms with van der Waals surface area (Å²) in [5.74, 6) is 0. The summed E-state index contributed by atoms with van der Waals surface area (Å²) in [6, 6.07) is 6.61. The van der Waals surface area contributed by atoms with Gasteiger partial charge in [-0.2, -0.15) is 0 Å². The first-order chi connectivity index (χ1) is 6.59. The normalized spacial score (nSPS) is 9.64. The van der Waals surface area contributed by atoms with E-state index in [-0.39, 0.29) is 0 Å². The van der Waals surface area contributed by atoms with Crippen LogP contribution < -0.4 is 0 Å². The molecule has 1 nitrogen and oxygen atoms in total. The average molecular weight is 193 g/mol. The summed E-state index contributed by atoms with van der Waals surface area (Å²) in [5.41, 5.74) is 4.16. The van der Waals surface area contributed by atoms with Crippen LogP contribution in [0.3, 0.4) is 0 Å². The second kappa shape index (κ2) is 6.61. The van der Waals surface area contributed by atoms with Gasteiger partial charge in [-0.1, -0.05) is 37.6 Å². The molecule has 0 heterocycles. The molecule has 0 radical (unpaired) electrons. The maximum absolute atomic E-state index is 2.26. The lowest BCUT2D eigenvalue weighted by Crippen LogP contribution is -2.11. The number of nitrogens with zero attached hydrogens (tertiary/aromatic N) is 1. The molecule has 0 aliphatic carbocycles. The van der Waals surface area contributed by atoms with Crippen molar-refractivity contribution >= 4 is 0 Å². The van der Waals surface area contributed by atoms with Gasteiger partial charge in [0, 0.05) is 6.54 Å². The summed E-state index contributed by atoms with van der Waals surface area (Å²) in [5, 5.41) is 0. The lowest BCUT2D eigenvalue weighted by molar-refractivity contribution is 0.401. The summed E-state index contributed by atoms with van der Waals surface area (Å²) in [6.45, 7) is 9.34. The summed E-state index contributed by atoms with van der Waals surface area (Å²) in [4.78, 5) is 2.20. The Labute approximate surface area is 88.8 Å². The van der Waals surface area contributed by atoms with E-state index in [0.717, 1.165) is 6.54 Å². The van der Waals surface area contributed by atoms with E-state index in [4.69, 9.17) is 0 Å². The van der Waals surface area contributed by atoms with Crippen LogP contribution in [-0.2, 0) is 6.54 Å². The monoisotopic (exact) mass is 193 g/mol. The van der Waals surface area contributed by atoms with Crippen LogP contribution in [-0.4, -0.2) is 19.0 Å². The minimum Gasteiger partial charge on any atom is -0.305 e. The van der Waals surface area contributed by atoms with Crippen LogP contribution in [0.4, 0.5) is 0 Å². The minimum absolute atomic E-state index is 1.04. The van der Waals surface area contributed by atoms with Crippen LogP contribution in [0.25, 0.3) is 0 Å². The fraction of sp³-hybridized carbons (Fsp3) is 0.538. The van der Waals surface area contributed by atoms with E-state index in [1.807, 2.05) is 13.8 Å². The van der Waals surface area contributed by atoms with E-state index in [1.165, 1.54) is 16.7 Å². The van der Waals surface area contributed by atoms with Crippen molar-refractivity contribution in [1.29, 1.82) is 0 Å². The maximum Gasteiger partial charge on any atom is 0.0230 e. The first kappa shape index (κ1) is 13.2. The molecule has 0 amide bonds. The predicted octanol–water partition coefficient (Wildman–Crippen LogP) is 3.39. The predicted molar refractivity (Wildman–Crippen MR) is 64.7 cm³/mol. The van der Waals surface area contributed by atoms with Crippen molar-refractivity contribution < 1.29 is 0 Å². The molecule has 0 atom stereocenters. The molecule has 1 rings (SSSR count). The second-order valence-electron chi connectivity index (χ2n) is 3.67. The molecule has 0 aromatic heterocycles. The molecule has 0 fully saturated rings. The molecule has 1 heteroatoms. The smallest absolute Gasteiger partial charge is 0.0230 e. The summed E-state index contributed by atoms with van der Waals surface area (Å²) in [6.07, 6.45) is 0. The first-order valence-corrected chi connectivity index (χ1v) is 5.30. The van der Waals surface area contributed by atoms with E-state index >= 15 is 0 Å². The molecule has 14 heavy (non-hydrogen) atoms. The van der Waals surface area contributed by atoms with E-state index in [0.29, 0.717) is 0 Å². The molecular weight excluding hydrogens is 170 g/mol. The van der Waals surface area contributed by atoms with Gasteiger partial charge < -0.3 is 4.90 Å². The van der Waals surface area contributed by atoms with Crippen molar-refractivity contribution in [3.8, 4) is 0 Å². The molecule has 0 saturated carbocycles. The molecule has 0 N–H and O–H groups in total. The van der Waals surface area contributed by atoms with Crippen LogP contribution in [0.2, 0.25) is 0 Å². The zero-order valence-electron chi connectivity index (χ0n) is 10.4. The van der Waals surface area contributed by atoms with Gasteiger partial charge in [0.15, 0.2) is 0 Å².